The van der Waals surface area contributed by atoms with E-state index in [1.807, 2.05) is 6.07 Å². The van der Waals surface area contributed by atoms with Crippen molar-refractivity contribution < 1.29 is 19.1 Å². The van der Waals surface area contributed by atoms with Gasteiger partial charge in [0.2, 0.25) is 0 Å². The van der Waals surface area contributed by atoms with Gasteiger partial charge in [0.25, 0.3) is 11.8 Å². The number of rotatable bonds is 5. The zero-order chi connectivity index (χ0) is 18.5. The lowest BCUT2D eigenvalue weighted by atomic mass is 10.2. The summed E-state index contributed by atoms with van der Waals surface area (Å²) < 4.78 is 4.96. The quantitative estimate of drug-likeness (QED) is 0.834. The Morgan fingerprint density at radius 3 is 2.73 bits per heavy atom. The summed E-state index contributed by atoms with van der Waals surface area (Å²) in [6.45, 7) is 0.302. The molecule has 1 saturated carbocycles. The van der Waals surface area contributed by atoms with Crippen LogP contribution in [0.1, 0.15) is 39.3 Å². The number of pyridine rings is 1. The minimum absolute atomic E-state index is 0.104. The Kier molecular flexibility index (Phi) is 5.24. The van der Waals surface area contributed by atoms with E-state index in [1.54, 1.807) is 5.38 Å². The molecule has 1 aliphatic carbocycles. The van der Waals surface area contributed by atoms with Crippen LogP contribution < -0.4 is 10.6 Å². The number of nitrogens with zero attached hydrogens (tertiary/aromatic N) is 2. The molecule has 2 N–H and O–H groups in total. The van der Waals surface area contributed by atoms with E-state index in [1.165, 1.54) is 24.4 Å². The largest absolute Gasteiger partial charge is 0.449 e. The second kappa shape index (κ2) is 7.76. The van der Waals surface area contributed by atoms with Gasteiger partial charge in [0.05, 0.1) is 17.7 Å². The molecule has 0 spiro atoms. The summed E-state index contributed by atoms with van der Waals surface area (Å²) in [4.78, 5) is 39.9. The zero-order valence-corrected chi connectivity index (χ0v) is 14.3. The average Bonchev–Trinajstić information content (AvgIpc) is 3.37. The van der Waals surface area contributed by atoms with Crippen LogP contribution in [0.25, 0.3) is 0 Å². The molecule has 0 radical (unpaired) electrons. The molecule has 0 aromatic carbocycles. The number of nitrogens with one attached hydrogen (secondary N) is 2. The van der Waals surface area contributed by atoms with E-state index in [-0.39, 0.29) is 16.3 Å². The number of anilines is 1. The number of carbonyl (C=O) groups is 3. The van der Waals surface area contributed by atoms with Crippen LogP contribution in [-0.4, -0.2) is 29.5 Å². The maximum atomic E-state index is 12.2. The van der Waals surface area contributed by atoms with Crippen molar-refractivity contribution in [3.05, 3.63) is 46.6 Å². The first-order valence-electron chi connectivity index (χ1n) is 7.80. The van der Waals surface area contributed by atoms with Gasteiger partial charge in [-0.25, -0.2) is 9.78 Å². The van der Waals surface area contributed by atoms with E-state index in [0.717, 1.165) is 24.2 Å². The summed E-state index contributed by atoms with van der Waals surface area (Å²) in [5.41, 5.74) is 0.593. The number of alkyl carbamates (subject to hydrolysis) is 1. The molecule has 2 heterocycles. The van der Waals surface area contributed by atoms with Crippen LogP contribution in [0, 0.1) is 17.2 Å². The second-order valence-electron chi connectivity index (χ2n) is 5.66. The zero-order valence-electron chi connectivity index (χ0n) is 13.5. The smallest absolute Gasteiger partial charge is 0.414 e. The number of ether oxygens (including phenoxy) is 1. The number of hydrogen-bond acceptors (Lipinski definition) is 7. The van der Waals surface area contributed by atoms with Crippen molar-refractivity contribution in [3.8, 4) is 6.07 Å². The molecule has 1 fully saturated rings. The van der Waals surface area contributed by atoms with Crippen LogP contribution in [0.15, 0.2) is 29.8 Å². The number of aromatic nitrogens is 1. The first-order chi connectivity index (χ1) is 12.6. The van der Waals surface area contributed by atoms with Crippen LogP contribution in [0.2, 0.25) is 0 Å². The molecule has 8 nitrogen and oxygen atoms in total. The SMILES string of the molecule is N#Cc1ccc(C(=O)Nc2sccc2C(=O)NC(=O)OCC2CC2)nc1. The average molecular weight is 370 g/mol. The van der Waals surface area contributed by atoms with Crippen molar-refractivity contribution in [3.63, 3.8) is 0 Å². The third kappa shape index (κ3) is 4.43. The van der Waals surface area contributed by atoms with E-state index in [4.69, 9.17) is 10.00 Å². The van der Waals surface area contributed by atoms with Crippen LogP contribution in [0.4, 0.5) is 9.80 Å². The van der Waals surface area contributed by atoms with Crippen molar-refractivity contribution >= 4 is 34.2 Å². The third-order valence-electron chi connectivity index (χ3n) is 3.62. The fraction of sp³-hybridized carbons (Fsp3) is 0.235. The molecule has 2 aromatic heterocycles. The highest BCUT2D eigenvalue weighted by Gasteiger charge is 2.24. The van der Waals surface area contributed by atoms with Crippen molar-refractivity contribution in [1.29, 1.82) is 5.26 Å². The fourth-order valence-corrected chi connectivity index (χ4v) is 2.80. The standard InChI is InChI=1S/C17H14N4O4S/c18-7-11-3-4-13(19-8-11)15(23)20-16-12(5-6-26-16)14(22)21-17(24)25-9-10-1-2-10/h3-6,8,10H,1-2,9H2,(H,20,23)(H,21,22,24). The molecule has 0 aliphatic heterocycles. The monoisotopic (exact) mass is 370 g/mol. The van der Waals surface area contributed by atoms with Crippen molar-refractivity contribution in [2.24, 2.45) is 5.92 Å². The molecule has 0 atom stereocenters. The molecule has 3 amide bonds. The summed E-state index contributed by atoms with van der Waals surface area (Å²) in [6.07, 6.45) is 2.54. The summed E-state index contributed by atoms with van der Waals surface area (Å²) in [5, 5.41) is 15.4. The van der Waals surface area contributed by atoms with E-state index in [0.29, 0.717) is 18.1 Å². The van der Waals surface area contributed by atoms with Crippen molar-refractivity contribution in [2.75, 3.05) is 11.9 Å². The third-order valence-corrected chi connectivity index (χ3v) is 4.45. The Labute approximate surface area is 152 Å². The summed E-state index contributed by atoms with van der Waals surface area (Å²) in [6, 6.07) is 6.29. The van der Waals surface area contributed by atoms with Crippen molar-refractivity contribution in [1.82, 2.24) is 10.3 Å². The number of hydrogen-bond donors (Lipinski definition) is 2. The predicted molar refractivity (Wildman–Crippen MR) is 92.8 cm³/mol. The first-order valence-corrected chi connectivity index (χ1v) is 8.68. The Morgan fingerprint density at radius 1 is 1.27 bits per heavy atom. The lowest BCUT2D eigenvalue weighted by molar-refractivity contribution is 0.0916. The summed E-state index contributed by atoms with van der Waals surface area (Å²) >= 11 is 1.14. The lowest BCUT2D eigenvalue weighted by Gasteiger charge is -2.07. The number of carbonyl (C=O) groups excluding carboxylic acids is 3. The maximum absolute atomic E-state index is 12.2. The molecule has 1 aliphatic rings. The van der Waals surface area contributed by atoms with Crippen LogP contribution in [0.3, 0.4) is 0 Å². The van der Waals surface area contributed by atoms with Gasteiger partial charge in [0.1, 0.15) is 16.8 Å². The van der Waals surface area contributed by atoms with Gasteiger partial charge in [0, 0.05) is 6.20 Å². The molecular formula is C17H14N4O4S. The van der Waals surface area contributed by atoms with Gasteiger partial charge in [-0.1, -0.05) is 0 Å². The summed E-state index contributed by atoms with van der Waals surface area (Å²) in [5.74, 6) is -0.788. The Morgan fingerprint density at radius 2 is 2.08 bits per heavy atom. The molecular weight excluding hydrogens is 356 g/mol. The fourth-order valence-electron chi connectivity index (χ4n) is 2.02. The predicted octanol–water partition coefficient (Wildman–Crippen LogP) is 2.54. The highest BCUT2D eigenvalue weighted by molar-refractivity contribution is 7.14. The number of amides is 3. The normalized spacial score (nSPS) is 12.7. The first kappa shape index (κ1) is 17.6. The molecule has 0 unspecified atom stereocenters. The van der Waals surface area contributed by atoms with E-state index in [9.17, 15) is 14.4 Å². The summed E-state index contributed by atoms with van der Waals surface area (Å²) in [7, 11) is 0. The minimum Gasteiger partial charge on any atom is -0.449 e. The molecule has 2 aromatic rings. The molecule has 9 heteroatoms. The van der Waals surface area contributed by atoms with Gasteiger partial charge in [-0.3, -0.25) is 14.9 Å². The van der Waals surface area contributed by atoms with Gasteiger partial charge in [-0.15, -0.1) is 11.3 Å². The maximum Gasteiger partial charge on any atom is 0.414 e. The highest BCUT2D eigenvalue weighted by atomic mass is 32.1. The van der Waals surface area contributed by atoms with Gasteiger partial charge in [-0.05, 0) is 42.3 Å². The van der Waals surface area contributed by atoms with Crippen LogP contribution in [-0.2, 0) is 4.74 Å². The van der Waals surface area contributed by atoms with Gasteiger partial charge in [0.15, 0.2) is 0 Å². The number of nitriles is 1. The van der Waals surface area contributed by atoms with E-state index in [2.05, 4.69) is 15.6 Å². The molecule has 0 saturated heterocycles. The molecule has 132 valence electrons. The molecule has 26 heavy (non-hydrogen) atoms. The Balaban J connectivity index is 1.61. The van der Waals surface area contributed by atoms with Gasteiger partial charge >= 0.3 is 6.09 Å². The molecule has 3 rings (SSSR count). The number of thiophene rings is 1. The lowest BCUT2D eigenvalue weighted by Crippen LogP contribution is -2.31. The van der Waals surface area contributed by atoms with Crippen molar-refractivity contribution in [2.45, 2.75) is 12.8 Å². The second-order valence-corrected chi connectivity index (χ2v) is 6.57. The van der Waals surface area contributed by atoms with E-state index >= 15 is 0 Å². The van der Waals surface area contributed by atoms with Crippen LogP contribution >= 0.6 is 11.3 Å². The van der Waals surface area contributed by atoms with Crippen LogP contribution in [0.5, 0.6) is 0 Å². The Hall–Kier alpha value is -3.25. The molecule has 0 bridgehead atoms. The number of imide groups is 1. The highest BCUT2D eigenvalue weighted by Crippen LogP contribution is 2.28. The van der Waals surface area contributed by atoms with Gasteiger partial charge < -0.3 is 10.1 Å². The van der Waals surface area contributed by atoms with Gasteiger partial charge in [-0.2, -0.15) is 5.26 Å². The topological polar surface area (TPSA) is 121 Å². The minimum atomic E-state index is -0.806. The van der Waals surface area contributed by atoms with E-state index < -0.39 is 17.9 Å². The Bertz CT molecular complexity index is 881.